The van der Waals surface area contributed by atoms with Gasteiger partial charge in [0.25, 0.3) is 0 Å². The molecule has 0 aliphatic carbocycles. The Bertz CT molecular complexity index is 859. The third kappa shape index (κ3) is 4.72. The molecule has 0 saturated heterocycles. The number of hydrogen-bond acceptors (Lipinski definition) is 5. The van der Waals surface area contributed by atoms with E-state index in [-0.39, 0.29) is 22.0 Å². The molecule has 0 saturated carbocycles. The predicted octanol–water partition coefficient (Wildman–Crippen LogP) is 2.97. The van der Waals surface area contributed by atoms with Crippen LogP contribution < -0.4 is 4.72 Å². The van der Waals surface area contributed by atoms with Gasteiger partial charge in [0.1, 0.15) is 10.7 Å². The van der Waals surface area contributed by atoms with E-state index in [2.05, 4.69) is 11.3 Å². The Morgan fingerprint density at radius 1 is 1.40 bits per heavy atom. The Kier molecular flexibility index (Phi) is 6.41. The Balaban J connectivity index is 2.41. The lowest BCUT2D eigenvalue weighted by atomic mass is 10.0. The van der Waals surface area contributed by atoms with Gasteiger partial charge in [-0.05, 0) is 36.2 Å². The second-order valence-corrected chi connectivity index (χ2v) is 7.29. The van der Waals surface area contributed by atoms with Crippen LogP contribution in [0.15, 0.2) is 52.5 Å². The lowest BCUT2D eigenvalue weighted by Gasteiger charge is -2.13. The average molecular weight is 384 g/mol. The molecular weight excluding hydrogens is 366 g/mol. The van der Waals surface area contributed by atoms with Gasteiger partial charge in [0.05, 0.1) is 24.0 Å². The van der Waals surface area contributed by atoms with Crippen LogP contribution in [0, 0.1) is 0 Å². The fraction of sp³-hybridized carbons (Fsp3) is 0.235. The number of halogens is 1. The van der Waals surface area contributed by atoms with Gasteiger partial charge in [0.15, 0.2) is 0 Å². The standard InChI is InChI=1S/C17H18ClNO5S/c1-3-8-19-25(21,22)16-11-14(17(20)23-2)12(10-15(16)18)6-7-13-5-4-9-24-13/h3-5,9-11,19H,1,6-8H2,2H3. The van der Waals surface area contributed by atoms with Crippen molar-refractivity contribution in [1.82, 2.24) is 4.72 Å². The van der Waals surface area contributed by atoms with E-state index in [9.17, 15) is 13.2 Å². The maximum atomic E-state index is 12.3. The number of sulfonamides is 1. The molecule has 0 amide bonds. The fourth-order valence-corrected chi connectivity index (χ4v) is 3.84. The second kappa shape index (κ2) is 8.33. The summed E-state index contributed by atoms with van der Waals surface area (Å²) in [4.78, 5) is 11.9. The summed E-state index contributed by atoms with van der Waals surface area (Å²) in [6.45, 7) is 3.51. The highest BCUT2D eigenvalue weighted by atomic mass is 35.5. The zero-order valence-corrected chi connectivity index (χ0v) is 15.2. The van der Waals surface area contributed by atoms with Gasteiger partial charge in [-0.25, -0.2) is 17.9 Å². The summed E-state index contributed by atoms with van der Waals surface area (Å²) in [6, 6.07) is 6.29. The van der Waals surface area contributed by atoms with Crippen LogP contribution >= 0.6 is 11.6 Å². The number of carbonyl (C=O) groups excluding carboxylic acids is 1. The molecule has 2 rings (SSSR count). The summed E-state index contributed by atoms with van der Waals surface area (Å²) in [5, 5.41) is 0.0265. The minimum Gasteiger partial charge on any atom is -0.469 e. The van der Waals surface area contributed by atoms with Gasteiger partial charge in [-0.3, -0.25) is 0 Å². The minimum atomic E-state index is -3.87. The maximum Gasteiger partial charge on any atom is 0.338 e. The molecule has 0 spiro atoms. The van der Waals surface area contributed by atoms with Crippen molar-refractivity contribution >= 4 is 27.6 Å². The molecule has 134 valence electrons. The Morgan fingerprint density at radius 3 is 2.76 bits per heavy atom. The van der Waals surface area contributed by atoms with Crippen molar-refractivity contribution in [3.63, 3.8) is 0 Å². The van der Waals surface area contributed by atoms with Gasteiger partial charge in [-0.2, -0.15) is 0 Å². The van der Waals surface area contributed by atoms with Crippen LogP contribution in [0.2, 0.25) is 5.02 Å². The molecule has 0 fully saturated rings. The van der Waals surface area contributed by atoms with Gasteiger partial charge in [-0.15, -0.1) is 6.58 Å². The largest absolute Gasteiger partial charge is 0.469 e. The number of nitrogens with one attached hydrogen (secondary N) is 1. The number of esters is 1. The molecule has 0 aliphatic heterocycles. The first-order valence-electron chi connectivity index (χ1n) is 7.42. The molecular formula is C17H18ClNO5S. The number of rotatable bonds is 8. The topological polar surface area (TPSA) is 85.6 Å². The van der Waals surface area contributed by atoms with E-state index < -0.39 is 16.0 Å². The van der Waals surface area contributed by atoms with Crippen LogP contribution in [0.4, 0.5) is 0 Å². The van der Waals surface area contributed by atoms with Crippen molar-refractivity contribution in [1.29, 1.82) is 0 Å². The molecule has 0 atom stereocenters. The number of benzene rings is 1. The summed E-state index contributed by atoms with van der Waals surface area (Å²) < 4.78 is 37.0. The van der Waals surface area contributed by atoms with Crippen LogP contribution in [0.1, 0.15) is 21.7 Å². The molecule has 1 heterocycles. The first-order valence-corrected chi connectivity index (χ1v) is 9.29. The van der Waals surface area contributed by atoms with Crippen molar-refractivity contribution in [3.05, 3.63) is 65.1 Å². The molecule has 1 aromatic carbocycles. The molecule has 1 N–H and O–H groups in total. The Hall–Kier alpha value is -2.09. The zero-order chi connectivity index (χ0) is 18.4. The number of furan rings is 1. The highest BCUT2D eigenvalue weighted by Gasteiger charge is 2.23. The Morgan fingerprint density at radius 2 is 2.16 bits per heavy atom. The van der Waals surface area contributed by atoms with Crippen LogP contribution in [0.5, 0.6) is 0 Å². The Labute approximate surface area is 151 Å². The van der Waals surface area contributed by atoms with Gasteiger partial charge in [-0.1, -0.05) is 17.7 Å². The average Bonchev–Trinajstić information content (AvgIpc) is 3.10. The first-order chi connectivity index (χ1) is 11.9. The number of methoxy groups -OCH3 is 1. The number of carbonyl (C=O) groups is 1. The van der Waals surface area contributed by atoms with E-state index in [4.69, 9.17) is 20.8 Å². The zero-order valence-electron chi connectivity index (χ0n) is 13.6. The highest BCUT2D eigenvalue weighted by molar-refractivity contribution is 7.89. The van der Waals surface area contributed by atoms with E-state index in [1.54, 1.807) is 12.3 Å². The van der Waals surface area contributed by atoms with Crippen LogP contribution in [-0.2, 0) is 27.6 Å². The number of aryl methyl sites for hydroxylation is 2. The van der Waals surface area contributed by atoms with Crippen molar-refractivity contribution in [3.8, 4) is 0 Å². The maximum absolute atomic E-state index is 12.3. The summed E-state index contributed by atoms with van der Waals surface area (Å²) in [7, 11) is -2.64. The molecule has 0 bridgehead atoms. The van der Waals surface area contributed by atoms with E-state index >= 15 is 0 Å². The summed E-state index contributed by atoms with van der Waals surface area (Å²) in [5.41, 5.74) is 0.730. The molecule has 0 unspecified atom stereocenters. The summed E-state index contributed by atoms with van der Waals surface area (Å²) in [6.07, 6.45) is 3.95. The smallest absolute Gasteiger partial charge is 0.338 e. The monoisotopic (exact) mass is 383 g/mol. The van der Waals surface area contributed by atoms with E-state index in [1.165, 1.54) is 25.3 Å². The second-order valence-electron chi connectivity index (χ2n) is 5.15. The molecule has 0 radical (unpaired) electrons. The first kappa shape index (κ1) is 19.2. The van der Waals surface area contributed by atoms with Crippen LogP contribution in [0.3, 0.4) is 0 Å². The van der Waals surface area contributed by atoms with E-state index in [1.807, 2.05) is 6.07 Å². The molecule has 8 heteroatoms. The van der Waals surface area contributed by atoms with Gasteiger partial charge < -0.3 is 9.15 Å². The normalized spacial score (nSPS) is 11.3. The summed E-state index contributed by atoms with van der Waals surface area (Å²) in [5.74, 6) is 0.113. The third-order valence-corrected chi connectivity index (χ3v) is 5.38. The van der Waals surface area contributed by atoms with Crippen molar-refractivity contribution in [2.24, 2.45) is 0 Å². The molecule has 6 nitrogen and oxygen atoms in total. The predicted molar refractivity (Wildman–Crippen MR) is 94.3 cm³/mol. The number of hydrogen-bond donors (Lipinski definition) is 1. The molecule has 0 aliphatic rings. The van der Waals surface area contributed by atoms with Gasteiger partial charge in [0, 0.05) is 13.0 Å². The molecule has 1 aromatic heterocycles. The van der Waals surface area contributed by atoms with Crippen LogP contribution in [0.25, 0.3) is 0 Å². The third-order valence-electron chi connectivity index (χ3n) is 3.49. The van der Waals surface area contributed by atoms with Crippen molar-refractivity contribution in [2.45, 2.75) is 17.7 Å². The van der Waals surface area contributed by atoms with Gasteiger partial charge >= 0.3 is 5.97 Å². The number of ether oxygens (including phenoxy) is 1. The van der Waals surface area contributed by atoms with E-state index in [0.717, 1.165) is 5.76 Å². The van der Waals surface area contributed by atoms with Crippen molar-refractivity contribution < 1.29 is 22.4 Å². The van der Waals surface area contributed by atoms with Crippen LogP contribution in [-0.4, -0.2) is 28.0 Å². The minimum absolute atomic E-state index is 0.0265. The highest BCUT2D eigenvalue weighted by Crippen LogP contribution is 2.27. The lowest BCUT2D eigenvalue weighted by molar-refractivity contribution is 0.0599. The van der Waals surface area contributed by atoms with E-state index in [0.29, 0.717) is 18.4 Å². The summed E-state index contributed by atoms with van der Waals surface area (Å²) >= 11 is 6.15. The SMILES string of the molecule is C=CCNS(=O)(=O)c1cc(C(=O)OC)c(CCc2ccco2)cc1Cl. The molecule has 25 heavy (non-hydrogen) atoms. The fourth-order valence-electron chi connectivity index (χ4n) is 2.27. The molecule has 2 aromatic rings. The van der Waals surface area contributed by atoms with Gasteiger partial charge in [0.2, 0.25) is 10.0 Å². The quantitative estimate of drug-likeness (QED) is 0.559. The van der Waals surface area contributed by atoms with Crippen molar-refractivity contribution in [2.75, 3.05) is 13.7 Å². The lowest BCUT2D eigenvalue weighted by Crippen LogP contribution is -2.24.